The normalized spacial score (nSPS) is 11.5. The van der Waals surface area contributed by atoms with Crippen molar-refractivity contribution in [3.63, 3.8) is 0 Å². The molecular weight excluding hydrogens is 430 g/mol. The lowest BCUT2D eigenvalue weighted by atomic mass is 10.2. The second-order valence-corrected chi connectivity index (χ2v) is 9.31. The molecule has 166 valence electrons. The number of anilines is 1. The summed E-state index contributed by atoms with van der Waals surface area (Å²) in [7, 11) is -3.79. The van der Waals surface area contributed by atoms with Crippen LogP contribution < -0.4 is 5.32 Å². The van der Waals surface area contributed by atoms with Gasteiger partial charge >= 0.3 is 0 Å². The molecule has 3 aromatic rings. The molecule has 0 saturated carbocycles. The Balaban J connectivity index is 1.79. The number of non-ortho nitro benzene ring substituents is 1. The van der Waals surface area contributed by atoms with Gasteiger partial charge in [0.15, 0.2) is 0 Å². The highest BCUT2D eigenvalue weighted by molar-refractivity contribution is 7.89. The highest BCUT2D eigenvalue weighted by Crippen LogP contribution is 2.22. The van der Waals surface area contributed by atoms with Gasteiger partial charge in [-0.05, 0) is 49.7 Å². The fourth-order valence-electron chi connectivity index (χ4n) is 3.12. The average Bonchev–Trinajstić information content (AvgIpc) is 2.78. The summed E-state index contributed by atoms with van der Waals surface area (Å²) in [5.41, 5.74) is 1.23. The van der Waals surface area contributed by atoms with E-state index in [1.165, 1.54) is 52.8 Å². The number of hydrogen-bond donors (Lipinski definition) is 1. The number of nitrogens with one attached hydrogen (secondary N) is 1. The molecule has 0 heterocycles. The van der Waals surface area contributed by atoms with Crippen LogP contribution in [0.4, 0.5) is 11.4 Å². The van der Waals surface area contributed by atoms with Gasteiger partial charge in [-0.25, -0.2) is 8.42 Å². The van der Waals surface area contributed by atoms with E-state index in [-0.39, 0.29) is 34.4 Å². The van der Waals surface area contributed by atoms with Crippen molar-refractivity contribution in [3.05, 3.63) is 100 Å². The van der Waals surface area contributed by atoms with E-state index in [9.17, 15) is 23.3 Å². The van der Waals surface area contributed by atoms with Crippen molar-refractivity contribution in [2.45, 2.75) is 31.3 Å². The molecule has 0 atom stereocenters. The molecule has 0 spiro atoms. The topological polar surface area (TPSA) is 110 Å². The Labute approximate surface area is 186 Å². The number of benzene rings is 3. The molecule has 0 bridgehead atoms. The second kappa shape index (κ2) is 9.71. The van der Waals surface area contributed by atoms with Crippen LogP contribution in [0.3, 0.4) is 0 Å². The van der Waals surface area contributed by atoms with E-state index in [1.807, 2.05) is 30.3 Å². The maximum atomic E-state index is 13.2. The molecule has 0 aliphatic heterocycles. The predicted molar refractivity (Wildman–Crippen MR) is 122 cm³/mol. The van der Waals surface area contributed by atoms with Gasteiger partial charge in [0, 0.05) is 36.0 Å². The van der Waals surface area contributed by atoms with Crippen LogP contribution in [0, 0.1) is 10.1 Å². The van der Waals surface area contributed by atoms with Crippen molar-refractivity contribution in [2.75, 3.05) is 5.32 Å². The minimum atomic E-state index is -3.79. The van der Waals surface area contributed by atoms with Crippen LogP contribution >= 0.6 is 0 Å². The zero-order valence-corrected chi connectivity index (χ0v) is 18.5. The summed E-state index contributed by atoms with van der Waals surface area (Å²) >= 11 is 0. The van der Waals surface area contributed by atoms with E-state index < -0.39 is 20.9 Å². The molecule has 0 unspecified atom stereocenters. The van der Waals surface area contributed by atoms with Crippen molar-refractivity contribution in [1.82, 2.24) is 4.31 Å². The standard InChI is InChI=1S/C23H23N3O5S/c1-17(2)25(16-18-7-4-3-5-8-18)32(30,31)22-13-11-19(12-14-22)23(27)24-20-9-6-10-21(15-20)26(28)29/h3-15,17H,16H2,1-2H3,(H,24,27). The Hall–Kier alpha value is -3.56. The van der Waals surface area contributed by atoms with Crippen LogP contribution in [-0.4, -0.2) is 29.6 Å². The second-order valence-electron chi connectivity index (χ2n) is 7.42. The molecular formula is C23H23N3O5S. The van der Waals surface area contributed by atoms with E-state index in [0.717, 1.165) is 5.56 Å². The summed E-state index contributed by atoms with van der Waals surface area (Å²) in [4.78, 5) is 22.9. The Kier molecular flexibility index (Phi) is 7.01. The Bertz CT molecular complexity index is 1210. The Morgan fingerprint density at radius 2 is 1.66 bits per heavy atom. The molecule has 32 heavy (non-hydrogen) atoms. The van der Waals surface area contributed by atoms with Gasteiger partial charge in [0.2, 0.25) is 10.0 Å². The summed E-state index contributed by atoms with van der Waals surface area (Å²) in [5, 5.41) is 13.5. The highest BCUT2D eigenvalue weighted by atomic mass is 32.2. The van der Waals surface area contributed by atoms with Crippen LogP contribution in [0.25, 0.3) is 0 Å². The smallest absolute Gasteiger partial charge is 0.271 e. The first-order valence-corrected chi connectivity index (χ1v) is 11.3. The molecule has 3 rings (SSSR count). The van der Waals surface area contributed by atoms with E-state index >= 15 is 0 Å². The van der Waals surface area contributed by atoms with Crippen molar-refractivity contribution < 1.29 is 18.1 Å². The summed E-state index contributed by atoms with van der Waals surface area (Å²) in [6.07, 6.45) is 0. The molecule has 1 N–H and O–H groups in total. The first kappa shape index (κ1) is 23.1. The molecule has 0 aliphatic carbocycles. The minimum absolute atomic E-state index is 0.0778. The van der Waals surface area contributed by atoms with Crippen molar-refractivity contribution in [1.29, 1.82) is 0 Å². The number of nitro groups is 1. The molecule has 0 radical (unpaired) electrons. The molecule has 9 heteroatoms. The lowest BCUT2D eigenvalue weighted by molar-refractivity contribution is -0.384. The number of nitrogens with zero attached hydrogens (tertiary/aromatic N) is 2. The number of carbonyl (C=O) groups is 1. The Morgan fingerprint density at radius 3 is 2.25 bits per heavy atom. The fourth-order valence-corrected chi connectivity index (χ4v) is 4.75. The Morgan fingerprint density at radius 1 is 1.00 bits per heavy atom. The lowest BCUT2D eigenvalue weighted by Gasteiger charge is -2.26. The summed E-state index contributed by atoms with van der Waals surface area (Å²) in [6.45, 7) is 3.85. The largest absolute Gasteiger partial charge is 0.322 e. The maximum absolute atomic E-state index is 13.2. The van der Waals surface area contributed by atoms with Gasteiger partial charge in [-0.2, -0.15) is 4.31 Å². The van der Waals surface area contributed by atoms with Crippen molar-refractivity contribution in [3.8, 4) is 0 Å². The summed E-state index contributed by atoms with van der Waals surface area (Å²) < 4.78 is 27.8. The van der Waals surface area contributed by atoms with Crippen LogP contribution in [0.2, 0.25) is 0 Å². The van der Waals surface area contributed by atoms with Crippen LogP contribution in [0.1, 0.15) is 29.8 Å². The van der Waals surface area contributed by atoms with Gasteiger partial charge < -0.3 is 5.32 Å². The number of rotatable bonds is 8. The van der Waals surface area contributed by atoms with Crippen LogP contribution in [0.15, 0.2) is 83.8 Å². The van der Waals surface area contributed by atoms with E-state index in [2.05, 4.69) is 5.32 Å². The van der Waals surface area contributed by atoms with Gasteiger partial charge in [0.25, 0.3) is 11.6 Å². The first-order valence-electron chi connectivity index (χ1n) is 9.90. The first-order chi connectivity index (χ1) is 15.2. The molecule has 0 aromatic heterocycles. The summed E-state index contributed by atoms with van der Waals surface area (Å²) in [5.74, 6) is -0.501. The maximum Gasteiger partial charge on any atom is 0.271 e. The number of carbonyl (C=O) groups excluding carboxylic acids is 1. The van der Waals surface area contributed by atoms with Gasteiger partial charge in [0.05, 0.1) is 9.82 Å². The number of sulfonamides is 1. The average molecular weight is 454 g/mol. The molecule has 0 aliphatic rings. The quantitative estimate of drug-likeness (QED) is 0.400. The monoisotopic (exact) mass is 453 g/mol. The van der Waals surface area contributed by atoms with Crippen molar-refractivity contribution in [2.24, 2.45) is 0 Å². The van der Waals surface area contributed by atoms with Gasteiger partial charge in [0.1, 0.15) is 0 Å². The zero-order valence-electron chi connectivity index (χ0n) is 17.6. The van der Waals surface area contributed by atoms with Crippen LogP contribution in [0.5, 0.6) is 0 Å². The third-order valence-electron chi connectivity index (χ3n) is 4.80. The SMILES string of the molecule is CC(C)N(Cc1ccccc1)S(=O)(=O)c1ccc(C(=O)Nc2cccc([N+](=O)[O-])c2)cc1. The minimum Gasteiger partial charge on any atom is -0.322 e. The number of amides is 1. The zero-order chi connectivity index (χ0) is 23.3. The highest BCUT2D eigenvalue weighted by Gasteiger charge is 2.27. The fraction of sp³-hybridized carbons (Fsp3) is 0.174. The predicted octanol–water partition coefficient (Wildman–Crippen LogP) is 4.45. The van der Waals surface area contributed by atoms with E-state index in [1.54, 1.807) is 13.8 Å². The summed E-state index contributed by atoms with van der Waals surface area (Å²) in [6, 6.07) is 20.2. The molecule has 0 fully saturated rings. The molecule has 8 nitrogen and oxygen atoms in total. The van der Waals surface area contributed by atoms with Gasteiger partial charge in [-0.1, -0.05) is 36.4 Å². The number of hydrogen-bond acceptors (Lipinski definition) is 5. The molecule has 1 amide bonds. The third-order valence-corrected chi connectivity index (χ3v) is 6.83. The molecule has 0 saturated heterocycles. The van der Waals surface area contributed by atoms with Gasteiger partial charge in [-0.3, -0.25) is 14.9 Å². The van der Waals surface area contributed by atoms with E-state index in [0.29, 0.717) is 0 Å². The number of nitro benzene ring substituents is 1. The van der Waals surface area contributed by atoms with E-state index in [4.69, 9.17) is 0 Å². The van der Waals surface area contributed by atoms with Crippen molar-refractivity contribution >= 4 is 27.3 Å². The lowest BCUT2D eigenvalue weighted by Crippen LogP contribution is -2.36. The van der Waals surface area contributed by atoms with Gasteiger partial charge in [-0.15, -0.1) is 0 Å². The molecule has 3 aromatic carbocycles. The third kappa shape index (κ3) is 5.37. The van der Waals surface area contributed by atoms with Crippen LogP contribution in [-0.2, 0) is 16.6 Å².